The minimum absolute atomic E-state index is 0.0407. The maximum atomic E-state index is 13.1. The largest absolute Gasteiger partial charge is 0.375 e. The lowest BCUT2D eigenvalue weighted by atomic mass is 10.1. The molecule has 0 fully saturated rings. The minimum Gasteiger partial charge on any atom is -0.375 e. The second-order valence-corrected chi connectivity index (χ2v) is 4.72. The Morgan fingerprint density at radius 2 is 2.00 bits per heavy atom. The number of benzene rings is 2. The standard InChI is InChI=1S/C15H15FN2O2/c1-10-6-11(2)15(14(7-10)18(19)20)17-9-12-4-3-5-13(16)8-12/h3-8,17H,9H2,1-2H3. The molecule has 0 heterocycles. The van der Waals surface area contributed by atoms with Crippen LogP contribution in [-0.2, 0) is 6.54 Å². The Hall–Kier alpha value is -2.43. The van der Waals surface area contributed by atoms with Gasteiger partial charge in [0.25, 0.3) is 5.69 Å². The van der Waals surface area contributed by atoms with Gasteiger partial charge in [-0.1, -0.05) is 18.2 Å². The van der Waals surface area contributed by atoms with Crippen LogP contribution >= 0.6 is 0 Å². The van der Waals surface area contributed by atoms with E-state index >= 15 is 0 Å². The average Bonchev–Trinajstić information content (AvgIpc) is 2.36. The summed E-state index contributed by atoms with van der Waals surface area (Å²) in [5, 5.41) is 14.1. The molecule has 0 amide bonds. The first-order chi connectivity index (χ1) is 9.47. The third-order valence-electron chi connectivity index (χ3n) is 3.01. The van der Waals surface area contributed by atoms with Crippen LogP contribution in [-0.4, -0.2) is 4.92 Å². The van der Waals surface area contributed by atoms with Crippen LogP contribution in [0.3, 0.4) is 0 Å². The molecular formula is C15H15FN2O2. The summed E-state index contributed by atoms with van der Waals surface area (Å²) in [6.07, 6.45) is 0. The highest BCUT2D eigenvalue weighted by molar-refractivity contribution is 5.67. The van der Waals surface area contributed by atoms with Crippen LogP contribution in [0.2, 0.25) is 0 Å². The Labute approximate surface area is 116 Å². The van der Waals surface area contributed by atoms with Crippen molar-refractivity contribution in [3.63, 3.8) is 0 Å². The molecule has 0 aliphatic rings. The Morgan fingerprint density at radius 3 is 2.65 bits per heavy atom. The van der Waals surface area contributed by atoms with Gasteiger partial charge in [-0.15, -0.1) is 0 Å². The molecule has 0 aromatic heterocycles. The summed E-state index contributed by atoms with van der Waals surface area (Å²) in [7, 11) is 0. The summed E-state index contributed by atoms with van der Waals surface area (Å²) in [6.45, 7) is 3.97. The van der Waals surface area contributed by atoms with E-state index < -0.39 is 4.92 Å². The molecule has 2 aromatic carbocycles. The number of aryl methyl sites for hydroxylation is 2. The maximum absolute atomic E-state index is 13.1. The highest BCUT2D eigenvalue weighted by Gasteiger charge is 2.16. The summed E-state index contributed by atoms with van der Waals surface area (Å²) in [4.78, 5) is 10.7. The van der Waals surface area contributed by atoms with Crippen LogP contribution in [0.25, 0.3) is 0 Å². The van der Waals surface area contributed by atoms with E-state index in [9.17, 15) is 14.5 Å². The molecule has 2 aromatic rings. The number of nitro benzene ring substituents is 1. The summed E-state index contributed by atoms with van der Waals surface area (Å²) in [5.74, 6) is -0.320. The summed E-state index contributed by atoms with van der Waals surface area (Å²) in [5.41, 5.74) is 2.89. The maximum Gasteiger partial charge on any atom is 0.292 e. The molecular weight excluding hydrogens is 259 g/mol. The zero-order chi connectivity index (χ0) is 14.7. The van der Waals surface area contributed by atoms with Gasteiger partial charge >= 0.3 is 0 Å². The van der Waals surface area contributed by atoms with Crippen LogP contribution in [0.15, 0.2) is 36.4 Å². The average molecular weight is 274 g/mol. The van der Waals surface area contributed by atoms with E-state index in [1.165, 1.54) is 18.2 Å². The lowest BCUT2D eigenvalue weighted by Crippen LogP contribution is -2.05. The van der Waals surface area contributed by atoms with E-state index in [2.05, 4.69) is 5.32 Å². The fourth-order valence-electron chi connectivity index (χ4n) is 2.16. The van der Waals surface area contributed by atoms with Crippen molar-refractivity contribution in [2.24, 2.45) is 0 Å². The second-order valence-electron chi connectivity index (χ2n) is 4.72. The van der Waals surface area contributed by atoms with Crippen molar-refractivity contribution in [1.82, 2.24) is 0 Å². The van der Waals surface area contributed by atoms with Crippen molar-refractivity contribution in [3.8, 4) is 0 Å². The van der Waals surface area contributed by atoms with Gasteiger partial charge in [-0.25, -0.2) is 4.39 Å². The molecule has 1 N–H and O–H groups in total. The third kappa shape index (κ3) is 3.12. The van der Waals surface area contributed by atoms with E-state index in [1.807, 2.05) is 19.9 Å². The van der Waals surface area contributed by atoms with Gasteiger partial charge in [-0.3, -0.25) is 10.1 Å². The summed E-state index contributed by atoms with van der Waals surface area (Å²) < 4.78 is 13.1. The van der Waals surface area contributed by atoms with E-state index in [4.69, 9.17) is 0 Å². The van der Waals surface area contributed by atoms with Gasteiger partial charge in [0.1, 0.15) is 11.5 Å². The molecule has 5 heteroatoms. The number of nitrogens with one attached hydrogen (secondary N) is 1. The molecule has 0 saturated heterocycles. The van der Waals surface area contributed by atoms with E-state index in [0.717, 1.165) is 16.7 Å². The molecule has 0 saturated carbocycles. The molecule has 0 unspecified atom stereocenters. The van der Waals surface area contributed by atoms with Crippen molar-refractivity contribution in [2.45, 2.75) is 20.4 Å². The van der Waals surface area contributed by atoms with Gasteiger partial charge in [-0.05, 0) is 42.7 Å². The van der Waals surface area contributed by atoms with Gasteiger partial charge in [-0.2, -0.15) is 0 Å². The lowest BCUT2D eigenvalue weighted by Gasteiger charge is -2.11. The van der Waals surface area contributed by atoms with E-state index in [0.29, 0.717) is 12.2 Å². The highest BCUT2D eigenvalue weighted by atomic mass is 19.1. The summed E-state index contributed by atoms with van der Waals surface area (Å²) >= 11 is 0. The van der Waals surface area contributed by atoms with E-state index in [1.54, 1.807) is 12.1 Å². The van der Waals surface area contributed by atoms with Gasteiger partial charge in [0, 0.05) is 12.6 Å². The quantitative estimate of drug-likeness (QED) is 0.678. The fraction of sp³-hybridized carbons (Fsp3) is 0.200. The fourth-order valence-corrected chi connectivity index (χ4v) is 2.16. The monoisotopic (exact) mass is 274 g/mol. The number of anilines is 1. The van der Waals surface area contributed by atoms with Crippen molar-refractivity contribution in [1.29, 1.82) is 0 Å². The molecule has 4 nitrogen and oxygen atoms in total. The number of hydrogen-bond donors (Lipinski definition) is 1. The Morgan fingerprint density at radius 1 is 1.25 bits per heavy atom. The zero-order valence-electron chi connectivity index (χ0n) is 11.3. The van der Waals surface area contributed by atoms with Crippen LogP contribution < -0.4 is 5.32 Å². The van der Waals surface area contributed by atoms with Gasteiger partial charge < -0.3 is 5.32 Å². The molecule has 0 radical (unpaired) electrons. The summed E-state index contributed by atoms with van der Waals surface area (Å²) in [6, 6.07) is 9.56. The smallest absolute Gasteiger partial charge is 0.292 e. The normalized spacial score (nSPS) is 10.3. The zero-order valence-corrected chi connectivity index (χ0v) is 11.3. The number of hydrogen-bond acceptors (Lipinski definition) is 3. The number of nitrogens with zero attached hydrogens (tertiary/aromatic N) is 1. The van der Waals surface area contributed by atoms with Crippen molar-refractivity contribution < 1.29 is 9.31 Å². The van der Waals surface area contributed by atoms with Gasteiger partial charge in [0.2, 0.25) is 0 Å². The number of rotatable bonds is 4. The molecule has 0 bridgehead atoms. The first kappa shape index (κ1) is 14.0. The molecule has 0 aliphatic heterocycles. The second kappa shape index (κ2) is 5.69. The molecule has 20 heavy (non-hydrogen) atoms. The van der Waals surface area contributed by atoms with E-state index in [-0.39, 0.29) is 11.5 Å². The number of halogens is 1. The molecule has 0 atom stereocenters. The highest BCUT2D eigenvalue weighted by Crippen LogP contribution is 2.30. The minimum atomic E-state index is -0.409. The van der Waals surface area contributed by atoms with Crippen LogP contribution in [0.5, 0.6) is 0 Å². The van der Waals surface area contributed by atoms with Crippen LogP contribution in [0.1, 0.15) is 16.7 Å². The molecule has 104 valence electrons. The predicted octanol–water partition coefficient (Wildman–Crippen LogP) is 3.96. The predicted molar refractivity (Wildman–Crippen MR) is 76.3 cm³/mol. The van der Waals surface area contributed by atoms with Crippen molar-refractivity contribution in [3.05, 3.63) is 69.0 Å². The van der Waals surface area contributed by atoms with Crippen LogP contribution in [0, 0.1) is 29.8 Å². The first-order valence-electron chi connectivity index (χ1n) is 6.21. The van der Waals surface area contributed by atoms with Gasteiger partial charge in [0.15, 0.2) is 0 Å². The molecule has 0 spiro atoms. The lowest BCUT2D eigenvalue weighted by molar-refractivity contribution is -0.384. The Bertz CT molecular complexity index is 656. The van der Waals surface area contributed by atoms with Crippen molar-refractivity contribution in [2.75, 3.05) is 5.32 Å². The van der Waals surface area contributed by atoms with Crippen LogP contribution in [0.4, 0.5) is 15.8 Å². The Kier molecular flexibility index (Phi) is 3.98. The number of nitro groups is 1. The SMILES string of the molecule is Cc1cc(C)c(NCc2cccc(F)c2)c([N+](=O)[O-])c1. The third-order valence-corrected chi connectivity index (χ3v) is 3.01. The van der Waals surface area contributed by atoms with Gasteiger partial charge in [0.05, 0.1) is 4.92 Å². The molecule has 2 rings (SSSR count). The Balaban J connectivity index is 2.27. The topological polar surface area (TPSA) is 55.2 Å². The molecule has 0 aliphatic carbocycles. The first-order valence-corrected chi connectivity index (χ1v) is 6.21. The van der Waals surface area contributed by atoms with Crippen molar-refractivity contribution >= 4 is 11.4 Å².